The van der Waals surface area contributed by atoms with Gasteiger partial charge in [0.05, 0.1) is 6.04 Å². The van der Waals surface area contributed by atoms with E-state index < -0.39 is 0 Å². The fourth-order valence-electron chi connectivity index (χ4n) is 3.03. The maximum atomic E-state index is 6.10. The standard InChI is InChI=1S/C17H23N3O/c1-2-3-8-15(18)17-19-16(20-21-17)14-10-9-12-6-4-5-7-13(12)11-14/h4-7,14-15H,2-3,8-11,18H2,1H3/t14?,15-/m0/s1. The number of aromatic nitrogens is 2. The van der Waals surface area contributed by atoms with Crippen molar-refractivity contribution in [2.24, 2.45) is 5.73 Å². The summed E-state index contributed by atoms with van der Waals surface area (Å²) in [7, 11) is 0. The summed E-state index contributed by atoms with van der Waals surface area (Å²) in [6.45, 7) is 2.16. The molecule has 21 heavy (non-hydrogen) atoms. The second kappa shape index (κ2) is 6.39. The Hall–Kier alpha value is -1.68. The summed E-state index contributed by atoms with van der Waals surface area (Å²) in [6.07, 6.45) is 6.31. The number of fused-ring (bicyclic) bond motifs is 1. The zero-order valence-electron chi connectivity index (χ0n) is 12.6. The lowest BCUT2D eigenvalue weighted by molar-refractivity contribution is 0.339. The largest absolute Gasteiger partial charge is 0.338 e. The summed E-state index contributed by atoms with van der Waals surface area (Å²) in [6, 6.07) is 8.51. The Morgan fingerprint density at radius 1 is 1.33 bits per heavy atom. The average molecular weight is 285 g/mol. The Morgan fingerprint density at radius 3 is 2.95 bits per heavy atom. The molecule has 2 atom stereocenters. The first kappa shape index (κ1) is 14.3. The van der Waals surface area contributed by atoms with Crippen molar-refractivity contribution in [3.8, 4) is 0 Å². The van der Waals surface area contributed by atoms with Gasteiger partial charge in [-0.05, 0) is 36.8 Å². The van der Waals surface area contributed by atoms with Gasteiger partial charge in [0.25, 0.3) is 0 Å². The van der Waals surface area contributed by atoms with Crippen LogP contribution in [0.4, 0.5) is 0 Å². The number of nitrogens with two attached hydrogens (primary N) is 1. The normalized spacial score (nSPS) is 19.2. The van der Waals surface area contributed by atoms with Crippen LogP contribution >= 0.6 is 0 Å². The summed E-state index contributed by atoms with van der Waals surface area (Å²) in [5.74, 6) is 1.78. The Kier molecular flexibility index (Phi) is 4.34. The highest BCUT2D eigenvalue weighted by Gasteiger charge is 2.25. The van der Waals surface area contributed by atoms with Crippen LogP contribution in [-0.4, -0.2) is 10.1 Å². The average Bonchev–Trinajstić information content (AvgIpc) is 3.02. The van der Waals surface area contributed by atoms with Crippen LogP contribution in [0.25, 0.3) is 0 Å². The summed E-state index contributed by atoms with van der Waals surface area (Å²) in [5, 5.41) is 4.18. The second-order valence-electron chi connectivity index (χ2n) is 5.95. The number of hydrogen-bond donors (Lipinski definition) is 1. The Balaban J connectivity index is 1.70. The first-order chi connectivity index (χ1) is 10.3. The van der Waals surface area contributed by atoms with Crippen LogP contribution in [0.2, 0.25) is 0 Å². The van der Waals surface area contributed by atoms with E-state index in [1.165, 1.54) is 11.1 Å². The molecule has 0 spiro atoms. The minimum absolute atomic E-state index is 0.123. The van der Waals surface area contributed by atoms with Crippen LogP contribution < -0.4 is 5.73 Å². The van der Waals surface area contributed by atoms with Crippen LogP contribution in [0.15, 0.2) is 28.8 Å². The van der Waals surface area contributed by atoms with E-state index in [4.69, 9.17) is 10.3 Å². The molecule has 1 aromatic heterocycles. The van der Waals surface area contributed by atoms with E-state index in [0.717, 1.165) is 44.3 Å². The van der Waals surface area contributed by atoms with Gasteiger partial charge in [0.15, 0.2) is 5.82 Å². The lowest BCUT2D eigenvalue weighted by atomic mass is 9.83. The van der Waals surface area contributed by atoms with Gasteiger partial charge >= 0.3 is 0 Å². The topological polar surface area (TPSA) is 64.9 Å². The van der Waals surface area contributed by atoms with Gasteiger partial charge in [-0.15, -0.1) is 0 Å². The predicted octanol–water partition coefficient (Wildman–Crippen LogP) is 3.53. The van der Waals surface area contributed by atoms with Crippen molar-refractivity contribution in [1.82, 2.24) is 10.1 Å². The van der Waals surface area contributed by atoms with E-state index in [1.54, 1.807) is 0 Å². The van der Waals surface area contributed by atoms with E-state index in [9.17, 15) is 0 Å². The molecule has 1 heterocycles. The van der Waals surface area contributed by atoms with Gasteiger partial charge in [0, 0.05) is 5.92 Å². The molecule has 2 N–H and O–H groups in total. The number of unbranched alkanes of at least 4 members (excludes halogenated alkanes) is 1. The number of benzene rings is 1. The van der Waals surface area contributed by atoms with Gasteiger partial charge < -0.3 is 10.3 Å². The third-order valence-electron chi connectivity index (χ3n) is 4.36. The monoisotopic (exact) mass is 285 g/mol. The molecule has 2 aromatic rings. The molecule has 112 valence electrons. The SMILES string of the molecule is CCCC[C@H](N)c1nc(C2CCc3ccccc3C2)no1. The van der Waals surface area contributed by atoms with E-state index in [2.05, 4.69) is 41.3 Å². The van der Waals surface area contributed by atoms with Crippen molar-refractivity contribution in [1.29, 1.82) is 0 Å². The van der Waals surface area contributed by atoms with Gasteiger partial charge in [-0.1, -0.05) is 49.2 Å². The third kappa shape index (κ3) is 3.16. The third-order valence-corrected chi connectivity index (χ3v) is 4.36. The summed E-state index contributed by atoms with van der Waals surface area (Å²) >= 11 is 0. The summed E-state index contributed by atoms with van der Waals surface area (Å²) in [5.41, 5.74) is 8.97. The molecule has 1 aliphatic carbocycles. The number of hydrogen-bond acceptors (Lipinski definition) is 4. The van der Waals surface area contributed by atoms with Crippen LogP contribution in [-0.2, 0) is 12.8 Å². The summed E-state index contributed by atoms with van der Waals surface area (Å²) < 4.78 is 5.38. The lowest BCUT2D eigenvalue weighted by Crippen LogP contribution is -2.14. The molecule has 0 saturated heterocycles. The zero-order valence-corrected chi connectivity index (χ0v) is 12.6. The number of aryl methyl sites for hydroxylation is 1. The molecule has 1 aliphatic rings. The minimum Gasteiger partial charge on any atom is -0.338 e. The lowest BCUT2D eigenvalue weighted by Gasteiger charge is -2.21. The van der Waals surface area contributed by atoms with Gasteiger partial charge in [-0.3, -0.25) is 0 Å². The predicted molar refractivity (Wildman–Crippen MR) is 82.0 cm³/mol. The van der Waals surface area contributed by atoms with Crippen molar-refractivity contribution in [2.75, 3.05) is 0 Å². The van der Waals surface area contributed by atoms with E-state index in [0.29, 0.717) is 11.8 Å². The zero-order chi connectivity index (χ0) is 14.7. The first-order valence-electron chi connectivity index (χ1n) is 7.93. The highest BCUT2D eigenvalue weighted by atomic mass is 16.5. The van der Waals surface area contributed by atoms with Crippen molar-refractivity contribution >= 4 is 0 Å². The second-order valence-corrected chi connectivity index (χ2v) is 5.95. The van der Waals surface area contributed by atoms with Crippen LogP contribution in [0, 0.1) is 0 Å². The Morgan fingerprint density at radius 2 is 2.14 bits per heavy atom. The molecule has 1 unspecified atom stereocenters. The quantitative estimate of drug-likeness (QED) is 0.912. The molecule has 4 heteroatoms. The van der Waals surface area contributed by atoms with Crippen LogP contribution in [0.5, 0.6) is 0 Å². The molecule has 0 fully saturated rings. The van der Waals surface area contributed by atoms with Crippen LogP contribution in [0.3, 0.4) is 0 Å². The molecule has 3 rings (SSSR count). The van der Waals surface area contributed by atoms with Crippen molar-refractivity contribution in [3.05, 3.63) is 47.1 Å². The number of rotatable bonds is 5. The smallest absolute Gasteiger partial charge is 0.243 e. The van der Waals surface area contributed by atoms with E-state index >= 15 is 0 Å². The molecular weight excluding hydrogens is 262 g/mol. The molecule has 0 saturated carbocycles. The van der Waals surface area contributed by atoms with Crippen LogP contribution in [0.1, 0.15) is 67.4 Å². The molecule has 1 aromatic carbocycles. The maximum Gasteiger partial charge on any atom is 0.243 e. The molecule has 0 radical (unpaired) electrons. The fourth-order valence-corrected chi connectivity index (χ4v) is 3.03. The van der Waals surface area contributed by atoms with Crippen molar-refractivity contribution in [2.45, 2.75) is 57.4 Å². The Labute approximate surface area is 125 Å². The van der Waals surface area contributed by atoms with E-state index in [-0.39, 0.29) is 6.04 Å². The molecule has 0 aliphatic heterocycles. The molecular formula is C17H23N3O. The van der Waals surface area contributed by atoms with Crippen molar-refractivity contribution in [3.63, 3.8) is 0 Å². The molecule has 4 nitrogen and oxygen atoms in total. The highest BCUT2D eigenvalue weighted by molar-refractivity contribution is 5.31. The highest BCUT2D eigenvalue weighted by Crippen LogP contribution is 2.31. The minimum atomic E-state index is -0.123. The number of nitrogens with zero attached hydrogens (tertiary/aromatic N) is 2. The Bertz CT molecular complexity index is 593. The van der Waals surface area contributed by atoms with Crippen molar-refractivity contribution < 1.29 is 4.52 Å². The first-order valence-corrected chi connectivity index (χ1v) is 7.93. The van der Waals surface area contributed by atoms with Gasteiger partial charge in [0.1, 0.15) is 0 Å². The van der Waals surface area contributed by atoms with Gasteiger partial charge in [-0.25, -0.2) is 0 Å². The fraction of sp³-hybridized carbons (Fsp3) is 0.529. The van der Waals surface area contributed by atoms with Gasteiger partial charge in [-0.2, -0.15) is 4.98 Å². The maximum absolute atomic E-state index is 6.10. The molecule has 0 amide bonds. The summed E-state index contributed by atoms with van der Waals surface area (Å²) in [4.78, 5) is 4.56. The molecule has 0 bridgehead atoms. The van der Waals surface area contributed by atoms with E-state index in [1.807, 2.05) is 0 Å². The van der Waals surface area contributed by atoms with Gasteiger partial charge in [0.2, 0.25) is 5.89 Å².